The van der Waals surface area contributed by atoms with Gasteiger partial charge in [-0.15, -0.1) is 0 Å². The Bertz CT molecular complexity index is 1060. The number of ether oxygens (including phenoxy) is 1. The summed E-state index contributed by atoms with van der Waals surface area (Å²) in [5, 5.41) is 6.86. The molecule has 3 rings (SSSR count). The molecule has 0 aliphatic rings. The summed E-state index contributed by atoms with van der Waals surface area (Å²) in [6.07, 6.45) is 0. The zero-order valence-electron chi connectivity index (χ0n) is 14.8. The van der Waals surface area contributed by atoms with Gasteiger partial charge in [0.1, 0.15) is 5.69 Å². The second kappa shape index (κ2) is 7.65. The van der Waals surface area contributed by atoms with Crippen molar-refractivity contribution >= 4 is 17.6 Å². The Balaban J connectivity index is 1.92. The van der Waals surface area contributed by atoms with Gasteiger partial charge in [-0.05, 0) is 42.8 Å². The van der Waals surface area contributed by atoms with Crippen LogP contribution in [-0.4, -0.2) is 28.8 Å². The standard InChI is InChI=1S/C20H17N3O4/c1-13-15(20(26)27-2)9-6-10-16(13)21-19(25)17-11-12-18(24)23(22-17)14-7-4-3-5-8-14/h3-12H,1-2H3,(H,21,25). The Morgan fingerprint density at radius 1 is 1.00 bits per heavy atom. The first kappa shape index (κ1) is 18.1. The normalized spacial score (nSPS) is 10.3. The molecular formula is C20H17N3O4. The van der Waals surface area contributed by atoms with Crippen LogP contribution in [0.5, 0.6) is 0 Å². The minimum atomic E-state index is -0.496. The molecule has 0 spiro atoms. The van der Waals surface area contributed by atoms with Crippen molar-refractivity contribution in [3.8, 4) is 5.69 Å². The molecule has 0 radical (unpaired) electrons. The summed E-state index contributed by atoms with van der Waals surface area (Å²) in [5.74, 6) is -0.982. The van der Waals surface area contributed by atoms with E-state index in [4.69, 9.17) is 4.74 Å². The van der Waals surface area contributed by atoms with E-state index in [9.17, 15) is 14.4 Å². The predicted molar refractivity (Wildman–Crippen MR) is 100 cm³/mol. The van der Waals surface area contributed by atoms with E-state index >= 15 is 0 Å². The second-order valence-electron chi connectivity index (χ2n) is 5.73. The zero-order valence-corrected chi connectivity index (χ0v) is 14.8. The number of hydrogen-bond donors (Lipinski definition) is 1. The van der Waals surface area contributed by atoms with Gasteiger partial charge in [-0.1, -0.05) is 24.3 Å². The molecule has 1 N–H and O–H groups in total. The molecule has 3 aromatic rings. The van der Waals surface area contributed by atoms with E-state index in [2.05, 4.69) is 10.4 Å². The Morgan fingerprint density at radius 3 is 2.44 bits per heavy atom. The molecule has 0 atom stereocenters. The topological polar surface area (TPSA) is 90.3 Å². The quantitative estimate of drug-likeness (QED) is 0.720. The van der Waals surface area contributed by atoms with Crippen LogP contribution in [0.3, 0.4) is 0 Å². The Kier molecular flexibility index (Phi) is 5.12. The first-order valence-electron chi connectivity index (χ1n) is 8.16. The predicted octanol–water partition coefficient (Wildman–Crippen LogP) is 2.58. The fourth-order valence-electron chi connectivity index (χ4n) is 2.57. The van der Waals surface area contributed by atoms with Gasteiger partial charge in [0.15, 0.2) is 0 Å². The molecule has 0 fully saturated rings. The lowest BCUT2D eigenvalue weighted by molar-refractivity contribution is 0.0599. The molecule has 2 aromatic carbocycles. The van der Waals surface area contributed by atoms with E-state index in [1.54, 1.807) is 49.4 Å². The highest BCUT2D eigenvalue weighted by Gasteiger charge is 2.15. The maximum absolute atomic E-state index is 12.6. The molecule has 27 heavy (non-hydrogen) atoms. The van der Waals surface area contributed by atoms with Crippen LogP contribution in [0, 0.1) is 6.92 Å². The van der Waals surface area contributed by atoms with Crippen LogP contribution in [0.1, 0.15) is 26.4 Å². The number of benzene rings is 2. The number of hydrogen-bond acceptors (Lipinski definition) is 5. The molecule has 136 valence electrons. The highest BCUT2D eigenvalue weighted by atomic mass is 16.5. The van der Waals surface area contributed by atoms with Crippen molar-refractivity contribution in [2.45, 2.75) is 6.92 Å². The molecule has 0 bridgehead atoms. The number of aromatic nitrogens is 2. The number of nitrogens with one attached hydrogen (secondary N) is 1. The molecule has 7 heteroatoms. The van der Waals surface area contributed by atoms with Crippen LogP contribution in [0.4, 0.5) is 5.69 Å². The van der Waals surface area contributed by atoms with E-state index in [0.717, 1.165) is 4.68 Å². The number of nitrogens with zero attached hydrogens (tertiary/aromatic N) is 2. The lowest BCUT2D eigenvalue weighted by atomic mass is 10.1. The van der Waals surface area contributed by atoms with Gasteiger partial charge in [0.25, 0.3) is 11.5 Å². The van der Waals surface area contributed by atoms with Crippen LogP contribution in [0.15, 0.2) is 65.5 Å². The first-order valence-corrected chi connectivity index (χ1v) is 8.16. The fourth-order valence-corrected chi connectivity index (χ4v) is 2.57. The molecule has 0 unspecified atom stereocenters. The third kappa shape index (κ3) is 3.77. The summed E-state index contributed by atoms with van der Waals surface area (Å²) in [7, 11) is 1.30. The second-order valence-corrected chi connectivity index (χ2v) is 5.73. The van der Waals surface area contributed by atoms with Gasteiger partial charge in [-0.25, -0.2) is 4.79 Å². The number of anilines is 1. The number of para-hydroxylation sites is 1. The number of carbonyl (C=O) groups is 2. The van der Waals surface area contributed by atoms with Crippen LogP contribution in [-0.2, 0) is 4.74 Å². The maximum Gasteiger partial charge on any atom is 0.338 e. The molecular weight excluding hydrogens is 346 g/mol. The molecule has 0 aliphatic heterocycles. The lowest BCUT2D eigenvalue weighted by Crippen LogP contribution is -2.25. The van der Waals surface area contributed by atoms with Gasteiger partial charge in [-0.3, -0.25) is 9.59 Å². The van der Waals surface area contributed by atoms with Gasteiger partial charge in [-0.2, -0.15) is 9.78 Å². The lowest BCUT2D eigenvalue weighted by Gasteiger charge is -2.12. The highest BCUT2D eigenvalue weighted by Crippen LogP contribution is 2.20. The highest BCUT2D eigenvalue weighted by molar-refractivity contribution is 6.04. The summed E-state index contributed by atoms with van der Waals surface area (Å²) < 4.78 is 5.90. The van der Waals surface area contributed by atoms with Gasteiger partial charge < -0.3 is 10.1 Å². The van der Waals surface area contributed by atoms with Crippen LogP contribution in [0.25, 0.3) is 5.69 Å². The zero-order chi connectivity index (χ0) is 19.4. The third-order valence-electron chi connectivity index (χ3n) is 4.02. The van der Waals surface area contributed by atoms with Crippen LogP contribution < -0.4 is 10.9 Å². The van der Waals surface area contributed by atoms with E-state index in [1.165, 1.54) is 19.2 Å². The van der Waals surface area contributed by atoms with Gasteiger partial charge in [0.2, 0.25) is 0 Å². The van der Waals surface area contributed by atoms with E-state index in [0.29, 0.717) is 22.5 Å². The third-order valence-corrected chi connectivity index (χ3v) is 4.02. The molecule has 0 aliphatic carbocycles. The van der Waals surface area contributed by atoms with E-state index in [-0.39, 0.29) is 11.3 Å². The minimum absolute atomic E-state index is 0.0707. The van der Waals surface area contributed by atoms with Crippen LogP contribution in [0.2, 0.25) is 0 Å². The molecule has 0 saturated carbocycles. The Morgan fingerprint density at radius 2 is 1.74 bits per heavy atom. The summed E-state index contributed by atoms with van der Waals surface area (Å²) in [4.78, 5) is 36.5. The van der Waals surface area contributed by atoms with Crippen molar-refractivity contribution in [3.05, 3.63) is 87.8 Å². The number of rotatable bonds is 4. The summed E-state index contributed by atoms with van der Waals surface area (Å²) in [6.45, 7) is 1.71. The Hall–Kier alpha value is -3.74. The summed E-state index contributed by atoms with van der Waals surface area (Å²) >= 11 is 0. The van der Waals surface area contributed by atoms with Gasteiger partial charge in [0, 0.05) is 11.8 Å². The molecule has 7 nitrogen and oxygen atoms in total. The Labute approximate surface area is 155 Å². The summed E-state index contributed by atoms with van der Waals surface area (Å²) in [6, 6.07) is 16.4. The van der Waals surface area contributed by atoms with Gasteiger partial charge >= 0.3 is 5.97 Å². The molecule has 1 aromatic heterocycles. The van der Waals surface area contributed by atoms with Crippen LogP contribution >= 0.6 is 0 Å². The number of methoxy groups -OCH3 is 1. The number of amides is 1. The molecule has 1 amide bonds. The van der Waals surface area contributed by atoms with Crippen molar-refractivity contribution in [2.75, 3.05) is 12.4 Å². The van der Waals surface area contributed by atoms with Crippen molar-refractivity contribution in [3.63, 3.8) is 0 Å². The average molecular weight is 363 g/mol. The average Bonchev–Trinajstić information content (AvgIpc) is 2.70. The monoisotopic (exact) mass is 363 g/mol. The number of esters is 1. The van der Waals surface area contributed by atoms with Crippen molar-refractivity contribution in [2.24, 2.45) is 0 Å². The van der Waals surface area contributed by atoms with E-state index in [1.807, 2.05) is 6.07 Å². The van der Waals surface area contributed by atoms with Gasteiger partial charge in [0.05, 0.1) is 18.4 Å². The SMILES string of the molecule is COC(=O)c1cccc(NC(=O)c2ccc(=O)n(-c3ccccc3)n2)c1C. The smallest absolute Gasteiger partial charge is 0.338 e. The minimum Gasteiger partial charge on any atom is -0.465 e. The number of carbonyl (C=O) groups excluding carboxylic acids is 2. The largest absolute Gasteiger partial charge is 0.465 e. The van der Waals surface area contributed by atoms with Crippen molar-refractivity contribution in [1.82, 2.24) is 9.78 Å². The molecule has 1 heterocycles. The maximum atomic E-state index is 12.6. The summed E-state index contributed by atoms with van der Waals surface area (Å²) in [5.41, 5.74) is 1.68. The fraction of sp³-hybridized carbons (Fsp3) is 0.100. The first-order chi connectivity index (χ1) is 13.0. The molecule has 0 saturated heterocycles. The van der Waals surface area contributed by atoms with E-state index < -0.39 is 11.9 Å². The van der Waals surface area contributed by atoms with Crippen molar-refractivity contribution in [1.29, 1.82) is 0 Å². The van der Waals surface area contributed by atoms with Crippen molar-refractivity contribution < 1.29 is 14.3 Å².